The number of imidazole rings is 1. The van der Waals surface area contributed by atoms with E-state index in [0.717, 1.165) is 0 Å². The number of benzene rings is 1. The molecule has 0 aliphatic heterocycles. The summed E-state index contributed by atoms with van der Waals surface area (Å²) in [4.78, 5) is 11.9. The minimum Gasteiger partial charge on any atom is -0.328 e. The Hall–Kier alpha value is -1.62. The summed E-state index contributed by atoms with van der Waals surface area (Å²) < 4.78 is 16.2. The van der Waals surface area contributed by atoms with Gasteiger partial charge in [-0.2, -0.15) is 0 Å². The average Bonchev–Trinajstić information content (AvgIpc) is 2.51. The fourth-order valence-electron chi connectivity index (χ4n) is 1.87. The van der Waals surface area contributed by atoms with Crippen molar-refractivity contribution in [2.75, 3.05) is 6.54 Å². The molecule has 0 amide bonds. The summed E-state index contributed by atoms with van der Waals surface area (Å²) >= 11 is 0. The van der Waals surface area contributed by atoms with E-state index >= 15 is 0 Å². The van der Waals surface area contributed by atoms with Gasteiger partial charge in [-0.3, -0.25) is 9.13 Å². The zero-order valence-corrected chi connectivity index (χ0v) is 9.27. The summed E-state index contributed by atoms with van der Waals surface area (Å²) in [6, 6.07) is 4.17. The second-order valence-electron chi connectivity index (χ2n) is 3.93. The molecule has 0 radical (unpaired) electrons. The maximum Gasteiger partial charge on any atom is 0.329 e. The Morgan fingerprint density at radius 3 is 2.75 bits per heavy atom. The number of fused-ring (bicyclic) bond motifs is 1. The smallest absolute Gasteiger partial charge is 0.328 e. The van der Waals surface area contributed by atoms with Gasteiger partial charge < -0.3 is 5.73 Å². The van der Waals surface area contributed by atoms with Crippen molar-refractivity contribution >= 4 is 11.0 Å². The van der Waals surface area contributed by atoms with Crippen molar-refractivity contribution in [1.82, 2.24) is 9.13 Å². The Morgan fingerprint density at radius 2 is 2.12 bits per heavy atom. The molecule has 1 unspecified atom stereocenters. The predicted octanol–water partition coefficient (Wildman–Crippen LogP) is 0.999. The van der Waals surface area contributed by atoms with Crippen molar-refractivity contribution in [3.63, 3.8) is 0 Å². The Morgan fingerprint density at radius 1 is 1.44 bits per heavy atom. The molecule has 1 atom stereocenters. The zero-order valence-electron chi connectivity index (χ0n) is 9.27. The van der Waals surface area contributed by atoms with Gasteiger partial charge in [0.05, 0.1) is 11.0 Å². The van der Waals surface area contributed by atoms with Crippen molar-refractivity contribution in [1.29, 1.82) is 0 Å². The molecule has 16 heavy (non-hydrogen) atoms. The second-order valence-corrected chi connectivity index (χ2v) is 3.93. The molecule has 2 rings (SSSR count). The number of aryl methyl sites for hydroxylation is 1. The van der Waals surface area contributed by atoms with Gasteiger partial charge in [0.25, 0.3) is 0 Å². The largest absolute Gasteiger partial charge is 0.329 e. The molecule has 0 spiro atoms. The van der Waals surface area contributed by atoms with Crippen molar-refractivity contribution in [3.05, 3.63) is 34.5 Å². The lowest BCUT2D eigenvalue weighted by Crippen LogP contribution is -2.28. The van der Waals surface area contributed by atoms with Gasteiger partial charge in [-0.1, -0.05) is 0 Å². The molecule has 86 valence electrons. The van der Waals surface area contributed by atoms with Crippen LogP contribution >= 0.6 is 0 Å². The van der Waals surface area contributed by atoms with Crippen LogP contribution in [0.25, 0.3) is 11.0 Å². The number of hydrogen-bond acceptors (Lipinski definition) is 2. The Balaban J connectivity index is 2.86. The summed E-state index contributed by atoms with van der Waals surface area (Å²) in [5.74, 6) is -0.351. The quantitative estimate of drug-likeness (QED) is 0.825. The first-order valence-corrected chi connectivity index (χ1v) is 5.12. The van der Waals surface area contributed by atoms with Gasteiger partial charge in [-0.25, -0.2) is 9.18 Å². The Kier molecular flexibility index (Phi) is 2.55. The highest BCUT2D eigenvalue weighted by atomic mass is 19.1. The molecular weight excluding hydrogens is 209 g/mol. The molecule has 0 fully saturated rings. The van der Waals surface area contributed by atoms with E-state index in [1.54, 1.807) is 13.1 Å². The van der Waals surface area contributed by atoms with Crippen LogP contribution in [0.5, 0.6) is 0 Å². The maximum atomic E-state index is 13.2. The van der Waals surface area contributed by atoms with Gasteiger partial charge in [-0.05, 0) is 25.1 Å². The third-order valence-corrected chi connectivity index (χ3v) is 2.83. The molecule has 1 heterocycles. The van der Waals surface area contributed by atoms with Crippen molar-refractivity contribution in [2.24, 2.45) is 12.8 Å². The highest BCUT2D eigenvalue weighted by Crippen LogP contribution is 2.17. The van der Waals surface area contributed by atoms with E-state index in [1.165, 1.54) is 21.3 Å². The molecule has 0 bridgehead atoms. The lowest BCUT2D eigenvalue weighted by Gasteiger charge is -2.10. The average molecular weight is 223 g/mol. The summed E-state index contributed by atoms with van der Waals surface area (Å²) in [5.41, 5.74) is 6.68. The van der Waals surface area contributed by atoms with Crippen LogP contribution in [0, 0.1) is 5.82 Å². The maximum absolute atomic E-state index is 13.2. The van der Waals surface area contributed by atoms with Gasteiger partial charge >= 0.3 is 5.69 Å². The summed E-state index contributed by atoms with van der Waals surface area (Å²) in [6.45, 7) is 2.18. The third kappa shape index (κ3) is 1.44. The highest BCUT2D eigenvalue weighted by molar-refractivity contribution is 5.76. The van der Waals surface area contributed by atoms with Crippen LogP contribution in [0.15, 0.2) is 23.0 Å². The number of aromatic nitrogens is 2. The molecule has 4 nitrogen and oxygen atoms in total. The highest BCUT2D eigenvalue weighted by Gasteiger charge is 2.14. The van der Waals surface area contributed by atoms with Crippen molar-refractivity contribution in [2.45, 2.75) is 13.0 Å². The van der Waals surface area contributed by atoms with Gasteiger partial charge in [0.1, 0.15) is 5.82 Å². The lowest BCUT2D eigenvalue weighted by atomic mass is 10.2. The van der Waals surface area contributed by atoms with Crippen LogP contribution in [0.4, 0.5) is 4.39 Å². The standard InChI is InChI=1S/C11H14FN3O/c1-7(6-13)15-10-5-8(12)3-4-9(10)14(2)11(15)16/h3-5,7H,6,13H2,1-2H3. The monoisotopic (exact) mass is 223 g/mol. The Bertz CT molecular complexity index is 585. The van der Waals surface area contributed by atoms with Crippen LogP contribution in [-0.4, -0.2) is 15.7 Å². The van der Waals surface area contributed by atoms with Crippen LogP contribution in [0.2, 0.25) is 0 Å². The molecule has 0 saturated heterocycles. The first kappa shape index (κ1) is 10.9. The topological polar surface area (TPSA) is 52.9 Å². The minimum absolute atomic E-state index is 0.141. The molecule has 0 saturated carbocycles. The molecule has 2 aromatic rings. The third-order valence-electron chi connectivity index (χ3n) is 2.83. The van der Waals surface area contributed by atoms with Crippen molar-refractivity contribution in [3.8, 4) is 0 Å². The molecule has 2 N–H and O–H groups in total. The first-order valence-electron chi connectivity index (χ1n) is 5.12. The lowest BCUT2D eigenvalue weighted by molar-refractivity contribution is 0.544. The van der Waals surface area contributed by atoms with E-state index in [9.17, 15) is 9.18 Å². The first-order chi connectivity index (χ1) is 7.56. The van der Waals surface area contributed by atoms with E-state index in [4.69, 9.17) is 5.73 Å². The Labute approximate surface area is 92.1 Å². The number of nitrogens with zero attached hydrogens (tertiary/aromatic N) is 2. The minimum atomic E-state index is -0.351. The van der Waals surface area contributed by atoms with E-state index in [1.807, 2.05) is 6.92 Å². The molecular formula is C11H14FN3O. The SMILES string of the molecule is CC(CN)n1c(=O)n(C)c2ccc(F)cc21. The summed E-state index contributed by atoms with van der Waals surface area (Å²) in [6.07, 6.45) is 0. The van der Waals surface area contributed by atoms with Gasteiger partial charge in [0.2, 0.25) is 0 Å². The predicted molar refractivity (Wildman–Crippen MR) is 60.9 cm³/mol. The molecule has 1 aromatic carbocycles. The number of hydrogen-bond donors (Lipinski definition) is 1. The summed E-state index contributed by atoms with van der Waals surface area (Å²) in [7, 11) is 1.67. The fourth-order valence-corrected chi connectivity index (χ4v) is 1.87. The van der Waals surface area contributed by atoms with Crippen LogP contribution < -0.4 is 11.4 Å². The molecule has 1 aromatic heterocycles. The van der Waals surface area contributed by atoms with E-state index < -0.39 is 0 Å². The van der Waals surface area contributed by atoms with Gasteiger partial charge in [0, 0.05) is 19.6 Å². The van der Waals surface area contributed by atoms with Crippen LogP contribution in [0.3, 0.4) is 0 Å². The second kappa shape index (κ2) is 3.75. The number of rotatable bonds is 2. The van der Waals surface area contributed by atoms with E-state index in [2.05, 4.69) is 0 Å². The fraction of sp³-hybridized carbons (Fsp3) is 0.364. The van der Waals surface area contributed by atoms with E-state index in [-0.39, 0.29) is 17.5 Å². The number of halogens is 1. The number of nitrogens with two attached hydrogens (primary N) is 1. The van der Waals surface area contributed by atoms with Gasteiger partial charge in [-0.15, -0.1) is 0 Å². The molecule has 0 aliphatic carbocycles. The molecule has 0 aliphatic rings. The zero-order chi connectivity index (χ0) is 11.9. The van der Waals surface area contributed by atoms with Crippen LogP contribution in [0.1, 0.15) is 13.0 Å². The normalized spacial score (nSPS) is 13.2. The summed E-state index contributed by atoms with van der Waals surface area (Å²) in [5, 5.41) is 0. The van der Waals surface area contributed by atoms with Crippen molar-refractivity contribution < 1.29 is 4.39 Å². The molecule has 5 heteroatoms. The van der Waals surface area contributed by atoms with Crippen LogP contribution in [-0.2, 0) is 7.05 Å². The van der Waals surface area contributed by atoms with E-state index in [0.29, 0.717) is 17.6 Å². The van der Waals surface area contributed by atoms with Gasteiger partial charge in [0.15, 0.2) is 0 Å².